The molecule has 0 bridgehead atoms. The Morgan fingerprint density at radius 3 is 2.55 bits per heavy atom. The summed E-state index contributed by atoms with van der Waals surface area (Å²) in [6.07, 6.45) is 6.40. The molecule has 1 aromatic rings. The summed E-state index contributed by atoms with van der Waals surface area (Å²) in [5, 5.41) is 3.05. The predicted octanol–water partition coefficient (Wildman–Crippen LogP) is 2.84. The molecule has 3 rings (SSSR count). The zero-order valence-corrected chi connectivity index (χ0v) is 18.2. The summed E-state index contributed by atoms with van der Waals surface area (Å²) in [6, 6.07) is 6.24. The molecule has 0 unspecified atom stereocenters. The van der Waals surface area contributed by atoms with Crippen LogP contribution >= 0.6 is 0 Å². The molecule has 0 saturated carbocycles. The lowest BCUT2D eigenvalue weighted by molar-refractivity contribution is -0.134. The molecule has 6 heteroatoms. The van der Waals surface area contributed by atoms with Crippen LogP contribution in [0.25, 0.3) is 0 Å². The first-order chi connectivity index (χ1) is 13.8. The highest BCUT2D eigenvalue weighted by atomic mass is 16.2. The van der Waals surface area contributed by atoms with Gasteiger partial charge in [0.1, 0.15) is 0 Å². The van der Waals surface area contributed by atoms with Crippen LogP contribution in [0.1, 0.15) is 58.6 Å². The van der Waals surface area contributed by atoms with Crippen LogP contribution in [0.5, 0.6) is 0 Å². The van der Waals surface area contributed by atoms with Crippen molar-refractivity contribution in [3.63, 3.8) is 0 Å². The van der Waals surface area contributed by atoms with Gasteiger partial charge in [0.05, 0.1) is 18.2 Å². The van der Waals surface area contributed by atoms with Crippen molar-refractivity contribution in [2.75, 3.05) is 26.2 Å². The van der Waals surface area contributed by atoms with Crippen molar-refractivity contribution >= 4 is 11.8 Å². The largest absolute Gasteiger partial charge is 0.350 e. The lowest BCUT2D eigenvalue weighted by atomic mass is 9.90. The van der Waals surface area contributed by atoms with Crippen molar-refractivity contribution in [3.8, 4) is 0 Å². The molecule has 1 atom stereocenters. The summed E-state index contributed by atoms with van der Waals surface area (Å²) in [6.45, 7) is 10.4. The fourth-order valence-electron chi connectivity index (χ4n) is 4.42. The zero-order valence-electron chi connectivity index (χ0n) is 18.2. The van der Waals surface area contributed by atoms with Gasteiger partial charge in [-0.3, -0.25) is 19.5 Å². The van der Waals surface area contributed by atoms with Crippen molar-refractivity contribution < 1.29 is 9.59 Å². The number of pyridine rings is 1. The van der Waals surface area contributed by atoms with E-state index in [2.05, 4.69) is 36.0 Å². The van der Waals surface area contributed by atoms with E-state index in [-0.39, 0.29) is 23.1 Å². The van der Waals surface area contributed by atoms with E-state index in [9.17, 15) is 9.59 Å². The zero-order chi connectivity index (χ0) is 20.9. The lowest BCUT2D eigenvalue weighted by Gasteiger charge is -2.42. The van der Waals surface area contributed by atoms with Crippen molar-refractivity contribution in [2.45, 2.75) is 65.5 Å². The van der Waals surface area contributed by atoms with Crippen LogP contribution < -0.4 is 5.32 Å². The average Bonchev–Trinajstić information content (AvgIpc) is 2.72. The Kier molecular flexibility index (Phi) is 7.28. The fourth-order valence-corrected chi connectivity index (χ4v) is 4.42. The first-order valence-electron chi connectivity index (χ1n) is 11.0. The molecule has 2 fully saturated rings. The van der Waals surface area contributed by atoms with Gasteiger partial charge in [-0.1, -0.05) is 26.8 Å². The van der Waals surface area contributed by atoms with Crippen molar-refractivity contribution in [1.82, 2.24) is 20.1 Å². The molecule has 2 aliphatic heterocycles. The van der Waals surface area contributed by atoms with E-state index in [0.29, 0.717) is 19.0 Å². The van der Waals surface area contributed by atoms with Gasteiger partial charge in [-0.05, 0) is 49.8 Å². The molecule has 2 amide bonds. The number of carbonyl (C=O) groups excluding carboxylic acids is 2. The standard InChI is InChI=1S/C23H36N4O2/c1-23(2,3)15-21(28)26-13-9-20(10-14-26)27-12-6-7-18(17-27)22(29)25-16-19-8-4-5-11-24-19/h4-5,8,11,18,20H,6-7,9-10,12-17H2,1-3H3,(H,25,29)/t18-/m1/s1. The number of likely N-dealkylation sites (tertiary alicyclic amines) is 2. The Hall–Kier alpha value is -1.95. The summed E-state index contributed by atoms with van der Waals surface area (Å²) in [5.41, 5.74) is 0.928. The second kappa shape index (κ2) is 9.70. The maximum atomic E-state index is 12.7. The van der Waals surface area contributed by atoms with Crippen LogP contribution in [-0.4, -0.2) is 58.8 Å². The number of amides is 2. The van der Waals surface area contributed by atoms with Crippen LogP contribution in [0, 0.1) is 11.3 Å². The molecule has 1 N–H and O–H groups in total. The van der Waals surface area contributed by atoms with E-state index in [4.69, 9.17) is 0 Å². The number of hydrogen-bond donors (Lipinski definition) is 1. The van der Waals surface area contributed by atoms with Gasteiger partial charge in [-0.15, -0.1) is 0 Å². The molecule has 0 spiro atoms. The Bertz CT molecular complexity index is 678. The number of aromatic nitrogens is 1. The normalized spacial score (nSPS) is 21.8. The molecule has 29 heavy (non-hydrogen) atoms. The summed E-state index contributed by atoms with van der Waals surface area (Å²) in [5.74, 6) is 0.465. The second-order valence-electron chi connectivity index (χ2n) is 9.72. The summed E-state index contributed by atoms with van der Waals surface area (Å²) in [4.78, 5) is 33.9. The maximum Gasteiger partial charge on any atom is 0.224 e. The molecular formula is C23H36N4O2. The Morgan fingerprint density at radius 1 is 1.14 bits per heavy atom. The third-order valence-corrected chi connectivity index (χ3v) is 6.01. The molecule has 0 aromatic carbocycles. The lowest BCUT2D eigenvalue weighted by Crippen LogP contribution is -2.51. The van der Waals surface area contributed by atoms with E-state index in [1.807, 2.05) is 23.1 Å². The summed E-state index contributed by atoms with van der Waals surface area (Å²) < 4.78 is 0. The van der Waals surface area contributed by atoms with E-state index in [1.165, 1.54) is 0 Å². The molecular weight excluding hydrogens is 364 g/mol. The van der Waals surface area contributed by atoms with Gasteiger partial charge in [0.2, 0.25) is 11.8 Å². The molecule has 2 saturated heterocycles. The highest BCUT2D eigenvalue weighted by molar-refractivity contribution is 5.79. The molecule has 1 aromatic heterocycles. The number of rotatable bonds is 5. The monoisotopic (exact) mass is 400 g/mol. The first kappa shape index (κ1) is 21.8. The van der Waals surface area contributed by atoms with Crippen LogP contribution in [-0.2, 0) is 16.1 Å². The molecule has 6 nitrogen and oxygen atoms in total. The van der Waals surface area contributed by atoms with Crippen LogP contribution in [0.3, 0.4) is 0 Å². The van der Waals surface area contributed by atoms with Crippen molar-refractivity contribution in [2.24, 2.45) is 11.3 Å². The quantitative estimate of drug-likeness (QED) is 0.825. The summed E-state index contributed by atoms with van der Waals surface area (Å²) >= 11 is 0. The number of nitrogens with one attached hydrogen (secondary N) is 1. The molecule has 2 aliphatic rings. The van der Waals surface area contributed by atoms with Gasteiger partial charge in [0.15, 0.2) is 0 Å². The predicted molar refractivity (Wildman–Crippen MR) is 114 cm³/mol. The summed E-state index contributed by atoms with van der Waals surface area (Å²) in [7, 11) is 0. The third-order valence-electron chi connectivity index (χ3n) is 6.01. The minimum Gasteiger partial charge on any atom is -0.350 e. The van der Waals surface area contributed by atoms with Crippen molar-refractivity contribution in [3.05, 3.63) is 30.1 Å². The molecule has 0 radical (unpaired) electrons. The topological polar surface area (TPSA) is 65.5 Å². The average molecular weight is 401 g/mol. The van der Waals surface area contributed by atoms with Crippen molar-refractivity contribution in [1.29, 1.82) is 0 Å². The van der Waals surface area contributed by atoms with Crippen LogP contribution in [0.2, 0.25) is 0 Å². The molecule has 0 aliphatic carbocycles. The fraction of sp³-hybridized carbons (Fsp3) is 0.696. The van der Waals surface area contributed by atoms with Gasteiger partial charge in [0, 0.05) is 38.3 Å². The number of carbonyl (C=O) groups is 2. The smallest absolute Gasteiger partial charge is 0.224 e. The van der Waals surface area contributed by atoms with Gasteiger partial charge in [-0.25, -0.2) is 0 Å². The number of hydrogen-bond acceptors (Lipinski definition) is 4. The van der Waals surface area contributed by atoms with Gasteiger partial charge < -0.3 is 10.2 Å². The highest BCUT2D eigenvalue weighted by Gasteiger charge is 2.33. The Balaban J connectivity index is 1.45. The van der Waals surface area contributed by atoms with Crippen LogP contribution in [0.15, 0.2) is 24.4 Å². The molecule has 160 valence electrons. The maximum absolute atomic E-state index is 12.7. The number of nitrogens with zero attached hydrogens (tertiary/aromatic N) is 3. The Morgan fingerprint density at radius 2 is 1.90 bits per heavy atom. The van der Waals surface area contributed by atoms with E-state index in [1.54, 1.807) is 6.20 Å². The molecule has 3 heterocycles. The SMILES string of the molecule is CC(C)(C)CC(=O)N1CCC(N2CCC[C@@H](C(=O)NCc3ccccn3)C2)CC1. The first-order valence-corrected chi connectivity index (χ1v) is 11.0. The van der Waals surface area contributed by atoms with Gasteiger partial charge >= 0.3 is 0 Å². The van der Waals surface area contributed by atoms with E-state index >= 15 is 0 Å². The Labute approximate surface area is 175 Å². The number of piperidine rings is 2. The minimum atomic E-state index is 0.0383. The third kappa shape index (κ3) is 6.53. The highest BCUT2D eigenvalue weighted by Crippen LogP contribution is 2.26. The van der Waals surface area contributed by atoms with E-state index < -0.39 is 0 Å². The van der Waals surface area contributed by atoms with Gasteiger partial charge in [-0.2, -0.15) is 0 Å². The minimum absolute atomic E-state index is 0.0383. The van der Waals surface area contributed by atoms with Gasteiger partial charge in [0.25, 0.3) is 0 Å². The second-order valence-corrected chi connectivity index (χ2v) is 9.72. The van der Waals surface area contributed by atoms with Crippen LogP contribution in [0.4, 0.5) is 0 Å². The van der Waals surface area contributed by atoms with E-state index in [0.717, 1.165) is 57.6 Å².